The lowest BCUT2D eigenvalue weighted by Gasteiger charge is -2.16. The normalized spacial score (nSPS) is 11.8. The fourth-order valence-electron chi connectivity index (χ4n) is 2.77. The summed E-state index contributed by atoms with van der Waals surface area (Å²) in [7, 11) is 0. The molecule has 0 bridgehead atoms. The molecule has 0 unspecified atom stereocenters. The van der Waals surface area contributed by atoms with Crippen molar-refractivity contribution in [1.82, 2.24) is 10.3 Å². The van der Waals surface area contributed by atoms with Crippen LogP contribution in [0, 0.1) is 5.82 Å². The van der Waals surface area contributed by atoms with Crippen LogP contribution >= 0.6 is 0 Å². The SMILES string of the molecule is CC(=O)Nc1cccc2c(C(=O)N[C@@H](C)c3ccc(F)cc3)ccnc12. The first kappa shape index (κ1) is 17.5. The zero-order valence-corrected chi connectivity index (χ0v) is 14.4. The molecule has 2 amide bonds. The van der Waals surface area contributed by atoms with E-state index < -0.39 is 0 Å². The van der Waals surface area contributed by atoms with E-state index in [-0.39, 0.29) is 23.7 Å². The maximum atomic E-state index is 13.1. The Kier molecular flexibility index (Phi) is 4.93. The van der Waals surface area contributed by atoms with Gasteiger partial charge in [0.1, 0.15) is 5.82 Å². The highest BCUT2D eigenvalue weighted by molar-refractivity contribution is 6.10. The molecule has 26 heavy (non-hydrogen) atoms. The van der Waals surface area contributed by atoms with Gasteiger partial charge in [0.15, 0.2) is 0 Å². The fraction of sp³-hybridized carbons (Fsp3) is 0.150. The molecule has 0 aliphatic rings. The van der Waals surface area contributed by atoms with Crippen molar-refractivity contribution in [3.8, 4) is 0 Å². The second-order valence-electron chi connectivity index (χ2n) is 5.99. The third-order valence-corrected chi connectivity index (χ3v) is 4.04. The van der Waals surface area contributed by atoms with Crippen molar-refractivity contribution in [2.24, 2.45) is 0 Å². The van der Waals surface area contributed by atoms with Gasteiger partial charge in [-0.3, -0.25) is 14.6 Å². The third-order valence-electron chi connectivity index (χ3n) is 4.04. The Morgan fingerprint density at radius 2 is 1.81 bits per heavy atom. The van der Waals surface area contributed by atoms with E-state index in [1.54, 1.807) is 36.4 Å². The maximum absolute atomic E-state index is 13.1. The summed E-state index contributed by atoms with van der Waals surface area (Å²) >= 11 is 0. The Labute approximate surface area is 150 Å². The van der Waals surface area contributed by atoms with Crippen LogP contribution in [-0.4, -0.2) is 16.8 Å². The highest BCUT2D eigenvalue weighted by Crippen LogP contribution is 2.25. The molecule has 0 aliphatic carbocycles. The first-order valence-corrected chi connectivity index (χ1v) is 8.17. The molecule has 1 aromatic heterocycles. The van der Waals surface area contributed by atoms with Gasteiger partial charge in [-0.05, 0) is 36.8 Å². The molecule has 6 heteroatoms. The Balaban J connectivity index is 1.91. The van der Waals surface area contributed by atoms with Crippen molar-refractivity contribution in [2.75, 3.05) is 5.32 Å². The minimum atomic E-state index is -0.321. The smallest absolute Gasteiger partial charge is 0.252 e. The zero-order chi connectivity index (χ0) is 18.7. The summed E-state index contributed by atoms with van der Waals surface area (Å²) in [5, 5.41) is 6.27. The van der Waals surface area contributed by atoms with Crippen LogP contribution in [0.1, 0.15) is 35.8 Å². The molecule has 2 N–H and O–H groups in total. The lowest BCUT2D eigenvalue weighted by molar-refractivity contribution is -0.114. The Bertz CT molecular complexity index is 970. The van der Waals surface area contributed by atoms with Crippen LogP contribution in [0.4, 0.5) is 10.1 Å². The van der Waals surface area contributed by atoms with E-state index in [4.69, 9.17) is 0 Å². The van der Waals surface area contributed by atoms with Gasteiger partial charge in [-0.2, -0.15) is 0 Å². The molecule has 0 radical (unpaired) electrons. The number of nitrogens with one attached hydrogen (secondary N) is 2. The van der Waals surface area contributed by atoms with Crippen molar-refractivity contribution >= 4 is 28.4 Å². The Hall–Kier alpha value is -3.28. The van der Waals surface area contributed by atoms with Gasteiger partial charge < -0.3 is 10.6 Å². The number of pyridine rings is 1. The molecule has 0 saturated heterocycles. The van der Waals surface area contributed by atoms with Crippen LogP contribution in [0.15, 0.2) is 54.7 Å². The second kappa shape index (κ2) is 7.31. The summed E-state index contributed by atoms with van der Waals surface area (Å²) in [5.74, 6) is -0.800. The number of amides is 2. The number of nitrogens with zero attached hydrogens (tertiary/aromatic N) is 1. The molecule has 1 heterocycles. The molecule has 3 aromatic rings. The summed E-state index contributed by atoms with van der Waals surface area (Å²) < 4.78 is 13.1. The number of carbonyl (C=O) groups excluding carboxylic acids is 2. The first-order valence-electron chi connectivity index (χ1n) is 8.17. The molecule has 2 aromatic carbocycles. The molecule has 0 fully saturated rings. The number of benzene rings is 2. The Morgan fingerprint density at radius 3 is 2.50 bits per heavy atom. The van der Waals surface area contributed by atoms with Gasteiger partial charge in [0.2, 0.25) is 5.91 Å². The van der Waals surface area contributed by atoms with Crippen LogP contribution in [0.2, 0.25) is 0 Å². The van der Waals surface area contributed by atoms with E-state index in [2.05, 4.69) is 15.6 Å². The van der Waals surface area contributed by atoms with Gasteiger partial charge in [0.05, 0.1) is 22.8 Å². The minimum Gasteiger partial charge on any atom is -0.345 e. The number of hydrogen-bond donors (Lipinski definition) is 2. The largest absolute Gasteiger partial charge is 0.345 e. The monoisotopic (exact) mass is 351 g/mol. The van der Waals surface area contributed by atoms with Crippen molar-refractivity contribution in [3.63, 3.8) is 0 Å². The van der Waals surface area contributed by atoms with Crippen molar-refractivity contribution in [2.45, 2.75) is 19.9 Å². The lowest BCUT2D eigenvalue weighted by atomic mass is 10.1. The highest BCUT2D eigenvalue weighted by atomic mass is 19.1. The number of halogens is 1. The molecule has 132 valence electrons. The van der Waals surface area contributed by atoms with E-state index >= 15 is 0 Å². The molecule has 0 aliphatic heterocycles. The highest BCUT2D eigenvalue weighted by Gasteiger charge is 2.16. The summed E-state index contributed by atoms with van der Waals surface area (Å²) in [4.78, 5) is 28.4. The molecule has 5 nitrogen and oxygen atoms in total. The molecule has 3 rings (SSSR count). The predicted octanol–water partition coefficient (Wildman–Crippen LogP) is 3.82. The van der Waals surface area contributed by atoms with Crippen molar-refractivity contribution < 1.29 is 14.0 Å². The number of para-hydroxylation sites is 1. The second-order valence-corrected chi connectivity index (χ2v) is 5.99. The van der Waals surface area contributed by atoms with Gasteiger partial charge in [0.25, 0.3) is 5.91 Å². The molecule has 0 saturated carbocycles. The lowest BCUT2D eigenvalue weighted by Crippen LogP contribution is -2.27. The summed E-state index contributed by atoms with van der Waals surface area (Å²) in [6, 6.07) is 12.6. The number of rotatable bonds is 4. The van der Waals surface area contributed by atoms with E-state index in [1.807, 2.05) is 6.92 Å². The average molecular weight is 351 g/mol. The summed E-state index contributed by atoms with van der Waals surface area (Å²) in [6.07, 6.45) is 1.53. The molecule has 1 atom stereocenters. The van der Waals surface area contributed by atoms with Crippen molar-refractivity contribution in [1.29, 1.82) is 0 Å². The van der Waals surface area contributed by atoms with Crippen LogP contribution in [-0.2, 0) is 4.79 Å². The van der Waals surface area contributed by atoms with Gasteiger partial charge in [-0.1, -0.05) is 24.3 Å². The Morgan fingerprint density at radius 1 is 1.08 bits per heavy atom. The van der Waals surface area contributed by atoms with Gasteiger partial charge in [0, 0.05) is 18.5 Å². The van der Waals surface area contributed by atoms with Crippen LogP contribution in [0.3, 0.4) is 0 Å². The number of hydrogen-bond acceptors (Lipinski definition) is 3. The van der Waals surface area contributed by atoms with E-state index in [1.165, 1.54) is 25.3 Å². The molecular formula is C20H18FN3O2. The summed E-state index contributed by atoms with van der Waals surface area (Å²) in [6.45, 7) is 3.25. The number of carbonyl (C=O) groups is 2. The fourth-order valence-corrected chi connectivity index (χ4v) is 2.77. The quantitative estimate of drug-likeness (QED) is 0.750. The molecule has 0 spiro atoms. The first-order chi connectivity index (χ1) is 12.5. The van der Waals surface area contributed by atoms with Gasteiger partial charge in [-0.25, -0.2) is 4.39 Å². The average Bonchev–Trinajstić information content (AvgIpc) is 2.61. The standard InChI is InChI=1S/C20H18FN3O2/c1-12(14-6-8-15(21)9-7-14)23-20(26)17-10-11-22-19-16(17)4-3-5-18(19)24-13(2)25/h3-12H,1-2H3,(H,23,26)(H,24,25)/t12-/m0/s1. The van der Waals surface area contributed by atoms with Crippen molar-refractivity contribution in [3.05, 3.63) is 71.7 Å². The van der Waals surface area contributed by atoms with Crippen LogP contribution < -0.4 is 10.6 Å². The van der Waals surface area contributed by atoms with E-state index in [0.717, 1.165) is 5.56 Å². The topological polar surface area (TPSA) is 71.1 Å². The van der Waals surface area contributed by atoms with Gasteiger partial charge in [-0.15, -0.1) is 0 Å². The number of anilines is 1. The number of aromatic nitrogens is 1. The van der Waals surface area contributed by atoms with E-state index in [9.17, 15) is 14.0 Å². The van der Waals surface area contributed by atoms with Crippen LogP contribution in [0.5, 0.6) is 0 Å². The van der Waals surface area contributed by atoms with Gasteiger partial charge >= 0.3 is 0 Å². The van der Waals surface area contributed by atoms with Crippen LogP contribution in [0.25, 0.3) is 10.9 Å². The maximum Gasteiger partial charge on any atom is 0.252 e. The number of fused-ring (bicyclic) bond motifs is 1. The van der Waals surface area contributed by atoms with E-state index in [0.29, 0.717) is 22.2 Å². The summed E-state index contributed by atoms with van der Waals surface area (Å²) in [5.41, 5.74) is 2.36. The third kappa shape index (κ3) is 3.69. The zero-order valence-electron chi connectivity index (χ0n) is 14.4. The minimum absolute atomic E-state index is 0.209. The molecular weight excluding hydrogens is 333 g/mol. The predicted molar refractivity (Wildman–Crippen MR) is 98.3 cm³/mol.